The van der Waals surface area contributed by atoms with Crippen LogP contribution in [-0.2, 0) is 21.1 Å². The smallest absolute Gasteiger partial charge is 0.227 e. The van der Waals surface area contributed by atoms with Crippen molar-refractivity contribution in [2.45, 2.75) is 25.3 Å². The summed E-state index contributed by atoms with van der Waals surface area (Å²) in [6.45, 7) is 0. The van der Waals surface area contributed by atoms with Gasteiger partial charge in [0.2, 0.25) is 17.6 Å². The highest BCUT2D eigenvalue weighted by Crippen LogP contribution is 2.19. The minimum Gasteiger partial charge on any atom is -0.352 e. The van der Waals surface area contributed by atoms with Crippen LogP contribution >= 0.6 is 11.3 Å². The summed E-state index contributed by atoms with van der Waals surface area (Å²) in [5.74, 6) is 0.888. The zero-order valence-electron chi connectivity index (χ0n) is 11.7. The largest absolute Gasteiger partial charge is 0.352 e. The Hall–Kier alpha value is -1.74. The maximum Gasteiger partial charge on any atom is 0.227 e. The van der Waals surface area contributed by atoms with Crippen LogP contribution in [0.1, 0.15) is 18.7 Å². The van der Waals surface area contributed by atoms with Gasteiger partial charge in [0, 0.05) is 29.8 Å². The zero-order valence-corrected chi connectivity index (χ0v) is 13.3. The standard InChI is InChI=1S/C13H15N3O4S2/c17-11(14-10-4-6-22(18,19)8-10)1-2-12-15-13(16-20-12)9-3-5-21-7-9/h3,5,7,10H,1-2,4,6,8H2,(H,14,17). The normalized spacial score (nSPS) is 20.1. The molecule has 1 aliphatic rings. The molecule has 0 radical (unpaired) electrons. The van der Waals surface area contributed by atoms with Crippen LogP contribution in [0.2, 0.25) is 0 Å². The minimum absolute atomic E-state index is 0.0294. The van der Waals surface area contributed by atoms with Crippen LogP contribution < -0.4 is 5.32 Å². The number of nitrogens with one attached hydrogen (secondary N) is 1. The number of carbonyl (C=O) groups excluding carboxylic acids is 1. The van der Waals surface area contributed by atoms with Crippen LogP contribution in [0.4, 0.5) is 0 Å². The van der Waals surface area contributed by atoms with Gasteiger partial charge in [-0.3, -0.25) is 4.79 Å². The predicted octanol–water partition coefficient (Wildman–Crippen LogP) is 1.03. The molecule has 1 unspecified atom stereocenters. The molecule has 1 N–H and O–H groups in total. The van der Waals surface area contributed by atoms with Crippen LogP contribution in [0.15, 0.2) is 21.3 Å². The summed E-state index contributed by atoms with van der Waals surface area (Å²) in [7, 11) is -2.98. The summed E-state index contributed by atoms with van der Waals surface area (Å²) in [5, 5.41) is 10.4. The Labute approximate surface area is 131 Å². The molecule has 1 saturated heterocycles. The van der Waals surface area contributed by atoms with E-state index in [9.17, 15) is 13.2 Å². The molecular formula is C13H15N3O4S2. The van der Waals surface area contributed by atoms with Crippen molar-refractivity contribution in [1.82, 2.24) is 15.5 Å². The first kappa shape index (κ1) is 15.2. The van der Waals surface area contributed by atoms with Crippen molar-refractivity contribution in [3.05, 3.63) is 22.7 Å². The zero-order chi connectivity index (χ0) is 15.6. The van der Waals surface area contributed by atoms with Gasteiger partial charge in [0.1, 0.15) is 0 Å². The molecule has 7 nitrogen and oxygen atoms in total. The quantitative estimate of drug-likeness (QED) is 0.871. The van der Waals surface area contributed by atoms with Gasteiger partial charge in [-0.1, -0.05) is 5.16 Å². The third-order valence-electron chi connectivity index (χ3n) is 3.41. The predicted molar refractivity (Wildman–Crippen MR) is 81.1 cm³/mol. The Bertz CT molecular complexity index is 752. The van der Waals surface area contributed by atoms with Gasteiger partial charge in [0.05, 0.1) is 11.5 Å². The van der Waals surface area contributed by atoms with E-state index in [1.165, 1.54) is 0 Å². The number of sulfone groups is 1. The molecule has 3 heterocycles. The Balaban J connectivity index is 1.49. The Morgan fingerprint density at radius 2 is 2.36 bits per heavy atom. The maximum atomic E-state index is 11.8. The van der Waals surface area contributed by atoms with E-state index >= 15 is 0 Å². The van der Waals surface area contributed by atoms with E-state index < -0.39 is 9.84 Å². The first-order valence-corrected chi connectivity index (χ1v) is 9.63. The average Bonchev–Trinajstić information content (AvgIpc) is 3.16. The molecule has 2 aromatic rings. The molecule has 22 heavy (non-hydrogen) atoms. The summed E-state index contributed by atoms with van der Waals surface area (Å²) in [6.07, 6.45) is 1.02. The number of hydrogen-bond donors (Lipinski definition) is 1. The molecule has 0 saturated carbocycles. The number of nitrogens with zero attached hydrogens (tertiary/aromatic N) is 2. The lowest BCUT2D eigenvalue weighted by Gasteiger charge is -2.09. The van der Waals surface area contributed by atoms with Crippen molar-refractivity contribution in [3.63, 3.8) is 0 Å². The van der Waals surface area contributed by atoms with E-state index in [4.69, 9.17) is 4.52 Å². The summed E-state index contributed by atoms with van der Waals surface area (Å²) in [4.78, 5) is 16.1. The SMILES string of the molecule is O=C(CCc1nc(-c2ccsc2)no1)NC1CCS(=O)(=O)C1. The van der Waals surface area contributed by atoms with Gasteiger partial charge in [-0.2, -0.15) is 16.3 Å². The van der Waals surface area contributed by atoms with Crippen LogP contribution in [0.25, 0.3) is 11.4 Å². The Morgan fingerprint density at radius 3 is 3.05 bits per heavy atom. The molecule has 3 rings (SSSR count). The van der Waals surface area contributed by atoms with Crippen molar-refractivity contribution < 1.29 is 17.7 Å². The van der Waals surface area contributed by atoms with E-state index in [1.807, 2.05) is 16.8 Å². The average molecular weight is 341 g/mol. The lowest BCUT2D eigenvalue weighted by Crippen LogP contribution is -2.35. The number of amides is 1. The van der Waals surface area contributed by atoms with Gasteiger partial charge in [0.25, 0.3) is 0 Å². The summed E-state index contributed by atoms with van der Waals surface area (Å²) >= 11 is 1.54. The number of hydrogen-bond acceptors (Lipinski definition) is 7. The fraction of sp³-hybridized carbons (Fsp3) is 0.462. The second kappa shape index (κ2) is 6.17. The molecule has 9 heteroatoms. The lowest BCUT2D eigenvalue weighted by molar-refractivity contribution is -0.121. The molecule has 0 aromatic carbocycles. The van der Waals surface area contributed by atoms with Crippen LogP contribution in [-0.4, -0.2) is 42.0 Å². The highest BCUT2D eigenvalue weighted by Gasteiger charge is 2.28. The van der Waals surface area contributed by atoms with E-state index in [2.05, 4.69) is 15.5 Å². The minimum atomic E-state index is -2.98. The number of carbonyl (C=O) groups is 1. The molecule has 2 aromatic heterocycles. The first-order chi connectivity index (χ1) is 10.5. The summed E-state index contributed by atoms with van der Waals surface area (Å²) in [6, 6.07) is 1.62. The number of thiophene rings is 1. The molecule has 1 fully saturated rings. The molecule has 0 bridgehead atoms. The van der Waals surface area contributed by atoms with E-state index in [0.717, 1.165) is 5.56 Å². The van der Waals surface area contributed by atoms with Crippen LogP contribution in [0, 0.1) is 0 Å². The molecule has 1 aliphatic heterocycles. The van der Waals surface area contributed by atoms with E-state index in [-0.39, 0.29) is 29.9 Å². The summed E-state index contributed by atoms with van der Waals surface area (Å²) < 4.78 is 27.8. The highest BCUT2D eigenvalue weighted by molar-refractivity contribution is 7.91. The first-order valence-electron chi connectivity index (χ1n) is 6.87. The van der Waals surface area contributed by atoms with Crippen molar-refractivity contribution in [1.29, 1.82) is 0 Å². The topological polar surface area (TPSA) is 102 Å². The number of aryl methyl sites for hydroxylation is 1. The third kappa shape index (κ3) is 3.72. The fourth-order valence-corrected chi connectivity index (χ4v) is 4.60. The maximum absolute atomic E-state index is 11.8. The second-order valence-corrected chi connectivity index (χ2v) is 8.20. The van der Waals surface area contributed by atoms with Gasteiger partial charge in [-0.15, -0.1) is 0 Å². The molecule has 1 atom stereocenters. The molecule has 1 amide bonds. The number of rotatable bonds is 5. The van der Waals surface area contributed by atoms with Crippen LogP contribution in [0.3, 0.4) is 0 Å². The Kier molecular flexibility index (Phi) is 4.25. The van der Waals surface area contributed by atoms with Gasteiger partial charge < -0.3 is 9.84 Å². The van der Waals surface area contributed by atoms with Gasteiger partial charge in [-0.05, 0) is 17.9 Å². The van der Waals surface area contributed by atoms with Crippen LogP contribution in [0.5, 0.6) is 0 Å². The van der Waals surface area contributed by atoms with Gasteiger partial charge in [-0.25, -0.2) is 8.42 Å². The number of aromatic nitrogens is 2. The van der Waals surface area contributed by atoms with Crippen molar-refractivity contribution in [2.24, 2.45) is 0 Å². The second-order valence-electron chi connectivity index (χ2n) is 5.19. The molecule has 0 aliphatic carbocycles. The van der Waals surface area contributed by atoms with E-state index in [0.29, 0.717) is 24.6 Å². The third-order valence-corrected chi connectivity index (χ3v) is 5.86. The van der Waals surface area contributed by atoms with Crippen molar-refractivity contribution >= 4 is 27.1 Å². The van der Waals surface area contributed by atoms with Gasteiger partial charge in [0.15, 0.2) is 9.84 Å². The molecular weight excluding hydrogens is 326 g/mol. The monoisotopic (exact) mass is 341 g/mol. The molecule has 118 valence electrons. The summed E-state index contributed by atoms with van der Waals surface area (Å²) in [5.41, 5.74) is 0.889. The Morgan fingerprint density at radius 1 is 1.50 bits per heavy atom. The molecule has 0 spiro atoms. The van der Waals surface area contributed by atoms with Crippen molar-refractivity contribution in [3.8, 4) is 11.4 Å². The van der Waals surface area contributed by atoms with Gasteiger partial charge >= 0.3 is 0 Å². The van der Waals surface area contributed by atoms with Crippen molar-refractivity contribution in [2.75, 3.05) is 11.5 Å². The highest BCUT2D eigenvalue weighted by atomic mass is 32.2. The fourth-order valence-electron chi connectivity index (χ4n) is 2.29. The lowest BCUT2D eigenvalue weighted by atomic mass is 10.2. The van der Waals surface area contributed by atoms with E-state index in [1.54, 1.807) is 11.3 Å².